The number of anilines is 1. The molecule has 19 heavy (non-hydrogen) atoms. The summed E-state index contributed by atoms with van der Waals surface area (Å²) in [6, 6.07) is 10.6. The normalized spacial score (nSPS) is 17.4. The lowest BCUT2D eigenvalue weighted by Gasteiger charge is -2.25. The highest BCUT2D eigenvalue weighted by Crippen LogP contribution is 2.36. The van der Waals surface area contributed by atoms with E-state index in [2.05, 4.69) is 26.2 Å². The number of carbonyl (C=O) groups is 1. The quantitative estimate of drug-likeness (QED) is 0.808. The van der Waals surface area contributed by atoms with Gasteiger partial charge in [-0.05, 0) is 34.1 Å². The summed E-state index contributed by atoms with van der Waals surface area (Å²) in [4.78, 5) is 16.2. The number of nitrogens with one attached hydrogen (secondary N) is 1. The maximum Gasteiger partial charge on any atom is 0.271 e. The average molecular weight is 340 g/mol. The fraction of sp³-hybridized carbons (Fsp3) is 0.0769. The van der Waals surface area contributed by atoms with E-state index in [1.165, 1.54) is 0 Å². The van der Waals surface area contributed by atoms with Gasteiger partial charge in [0.25, 0.3) is 5.91 Å². The highest BCUT2D eigenvalue weighted by Gasteiger charge is 2.31. The zero-order valence-electron chi connectivity index (χ0n) is 9.56. The van der Waals surface area contributed by atoms with Gasteiger partial charge in [-0.3, -0.25) is 4.79 Å². The minimum Gasteiger partial charge on any atom is -0.472 e. The fourth-order valence-corrected chi connectivity index (χ4v) is 2.41. The van der Waals surface area contributed by atoms with Crippen molar-refractivity contribution in [3.63, 3.8) is 0 Å². The lowest BCUT2D eigenvalue weighted by molar-refractivity contribution is -0.123. The zero-order valence-corrected chi connectivity index (χ0v) is 11.9. The van der Waals surface area contributed by atoms with Crippen molar-refractivity contribution in [1.82, 2.24) is 4.98 Å². The van der Waals surface area contributed by atoms with Gasteiger partial charge in [0.1, 0.15) is 4.60 Å². The molecular weight excluding hydrogens is 332 g/mol. The van der Waals surface area contributed by atoms with Crippen molar-refractivity contribution in [2.24, 2.45) is 0 Å². The molecule has 2 aromatic rings. The van der Waals surface area contributed by atoms with Crippen molar-refractivity contribution in [3.8, 4) is 5.75 Å². The summed E-state index contributed by atoms with van der Waals surface area (Å²) < 4.78 is 6.32. The highest BCUT2D eigenvalue weighted by molar-refractivity contribution is 9.10. The Morgan fingerprint density at radius 3 is 2.84 bits per heavy atom. The summed E-state index contributed by atoms with van der Waals surface area (Å²) in [5, 5.41) is 3.21. The second kappa shape index (κ2) is 4.83. The molecule has 1 atom stereocenters. The summed E-state index contributed by atoms with van der Waals surface area (Å²) >= 11 is 9.33. The molecule has 96 valence electrons. The number of fused-ring (bicyclic) bond motifs is 1. The van der Waals surface area contributed by atoms with Crippen molar-refractivity contribution in [2.75, 3.05) is 5.32 Å². The van der Waals surface area contributed by atoms with Crippen LogP contribution in [0.5, 0.6) is 5.75 Å². The number of amides is 1. The Bertz CT molecular complexity index is 663. The van der Waals surface area contributed by atoms with Crippen molar-refractivity contribution in [1.29, 1.82) is 0 Å². The van der Waals surface area contributed by atoms with Crippen molar-refractivity contribution in [2.45, 2.75) is 6.10 Å². The Labute approximate surface area is 122 Å². The number of pyridine rings is 1. The third kappa shape index (κ3) is 2.31. The van der Waals surface area contributed by atoms with E-state index in [1.807, 2.05) is 6.07 Å². The number of ether oxygens (including phenoxy) is 1. The molecule has 1 aromatic carbocycles. The molecule has 3 rings (SSSR count). The van der Waals surface area contributed by atoms with Gasteiger partial charge < -0.3 is 10.1 Å². The van der Waals surface area contributed by atoms with E-state index in [0.29, 0.717) is 26.8 Å². The molecule has 0 aliphatic carbocycles. The van der Waals surface area contributed by atoms with Crippen LogP contribution in [0, 0.1) is 0 Å². The number of aromatic nitrogens is 1. The third-order valence-corrected chi connectivity index (χ3v) is 3.52. The van der Waals surface area contributed by atoms with Crippen LogP contribution < -0.4 is 10.1 Å². The van der Waals surface area contributed by atoms with E-state index in [-0.39, 0.29) is 5.91 Å². The summed E-state index contributed by atoms with van der Waals surface area (Å²) in [7, 11) is 0. The van der Waals surface area contributed by atoms with Gasteiger partial charge in [-0.2, -0.15) is 0 Å². The van der Waals surface area contributed by atoms with E-state index >= 15 is 0 Å². The van der Waals surface area contributed by atoms with Gasteiger partial charge in [0.15, 0.2) is 11.6 Å². The first-order chi connectivity index (χ1) is 9.15. The van der Waals surface area contributed by atoms with Crippen LogP contribution in [0.4, 0.5) is 5.82 Å². The number of benzene rings is 1. The molecular formula is C13H8BrClN2O2. The summed E-state index contributed by atoms with van der Waals surface area (Å²) in [6.07, 6.45) is -0.760. The van der Waals surface area contributed by atoms with Crippen molar-refractivity contribution >= 4 is 39.3 Å². The van der Waals surface area contributed by atoms with Gasteiger partial charge in [0.05, 0.1) is 0 Å². The summed E-state index contributed by atoms with van der Waals surface area (Å²) in [5.41, 5.74) is 0.634. The van der Waals surface area contributed by atoms with Crippen molar-refractivity contribution < 1.29 is 9.53 Å². The minimum atomic E-state index is -0.760. The monoisotopic (exact) mass is 338 g/mol. The number of rotatable bonds is 1. The Kier molecular flexibility index (Phi) is 3.16. The van der Waals surface area contributed by atoms with E-state index in [4.69, 9.17) is 16.3 Å². The zero-order chi connectivity index (χ0) is 13.4. The smallest absolute Gasteiger partial charge is 0.271 e. The molecule has 1 aromatic heterocycles. The molecule has 0 radical (unpaired) electrons. The van der Waals surface area contributed by atoms with Crippen LogP contribution in [-0.4, -0.2) is 10.9 Å². The van der Waals surface area contributed by atoms with Crippen LogP contribution in [-0.2, 0) is 4.79 Å². The molecule has 1 unspecified atom stereocenters. The lowest BCUT2D eigenvalue weighted by Crippen LogP contribution is -2.30. The SMILES string of the molecule is O=C1Nc2nc(Br)ccc2OC1c1ccccc1Cl. The summed E-state index contributed by atoms with van der Waals surface area (Å²) in [6.45, 7) is 0. The minimum absolute atomic E-state index is 0.286. The van der Waals surface area contributed by atoms with Crippen LogP contribution in [0.15, 0.2) is 41.0 Å². The molecule has 0 spiro atoms. The molecule has 0 fully saturated rings. The van der Waals surface area contributed by atoms with Gasteiger partial charge in [-0.1, -0.05) is 29.8 Å². The van der Waals surface area contributed by atoms with Crippen LogP contribution in [0.2, 0.25) is 5.02 Å². The maximum atomic E-state index is 12.1. The standard InChI is InChI=1S/C13H8BrClN2O2/c14-10-6-5-9-12(16-10)17-13(18)11(19-9)7-3-1-2-4-8(7)15/h1-6,11H,(H,16,17,18). The van der Waals surface area contributed by atoms with Crippen molar-refractivity contribution in [3.05, 3.63) is 51.6 Å². The Balaban J connectivity index is 2.01. The molecule has 0 bridgehead atoms. The van der Waals surface area contributed by atoms with Crippen LogP contribution in [0.1, 0.15) is 11.7 Å². The maximum absolute atomic E-state index is 12.1. The van der Waals surface area contributed by atoms with Crippen LogP contribution in [0.25, 0.3) is 0 Å². The lowest BCUT2D eigenvalue weighted by atomic mass is 10.1. The van der Waals surface area contributed by atoms with Gasteiger partial charge in [0.2, 0.25) is 6.10 Å². The van der Waals surface area contributed by atoms with Gasteiger partial charge in [0, 0.05) is 10.6 Å². The number of nitrogens with zero attached hydrogens (tertiary/aromatic N) is 1. The Morgan fingerprint density at radius 1 is 1.26 bits per heavy atom. The van der Waals surface area contributed by atoms with Gasteiger partial charge >= 0.3 is 0 Å². The molecule has 2 heterocycles. The highest BCUT2D eigenvalue weighted by atomic mass is 79.9. The second-order valence-electron chi connectivity index (χ2n) is 3.99. The number of hydrogen-bond donors (Lipinski definition) is 1. The Morgan fingerprint density at radius 2 is 2.05 bits per heavy atom. The van der Waals surface area contributed by atoms with Crippen LogP contribution >= 0.6 is 27.5 Å². The second-order valence-corrected chi connectivity index (χ2v) is 5.21. The van der Waals surface area contributed by atoms with Gasteiger partial charge in [-0.15, -0.1) is 0 Å². The molecule has 1 amide bonds. The summed E-state index contributed by atoms with van der Waals surface area (Å²) in [5.74, 6) is 0.640. The topological polar surface area (TPSA) is 51.2 Å². The van der Waals surface area contributed by atoms with E-state index in [9.17, 15) is 4.79 Å². The first-order valence-corrected chi connectivity index (χ1v) is 6.71. The molecule has 0 saturated carbocycles. The average Bonchev–Trinajstić information content (AvgIpc) is 2.39. The first kappa shape index (κ1) is 12.4. The molecule has 1 aliphatic heterocycles. The fourth-order valence-electron chi connectivity index (χ4n) is 1.86. The molecule has 1 aliphatic rings. The van der Waals surface area contributed by atoms with E-state index in [1.54, 1.807) is 30.3 Å². The van der Waals surface area contributed by atoms with E-state index in [0.717, 1.165) is 0 Å². The Hall–Kier alpha value is -1.59. The number of carbonyl (C=O) groups excluding carboxylic acids is 1. The first-order valence-electron chi connectivity index (χ1n) is 5.53. The molecule has 0 saturated heterocycles. The van der Waals surface area contributed by atoms with E-state index < -0.39 is 6.10 Å². The number of halogens is 2. The van der Waals surface area contributed by atoms with Crippen LogP contribution in [0.3, 0.4) is 0 Å². The predicted octanol–water partition coefficient (Wildman–Crippen LogP) is 3.57. The third-order valence-electron chi connectivity index (χ3n) is 2.74. The molecule has 1 N–H and O–H groups in total. The molecule has 6 heteroatoms. The number of hydrogen-bond acceptors (Lipinski definition) is 3. The predicted molar refractivity (Wildman–Crippen MR) is 75.4 cm³/mol. The molecule has 4 nitrogen and oxygen atoms in total. The largest absolute Gasteiger partial charge is 0.472 e. The van der Waals surface area contributed by atoms with Gasteiger partial charge in [-0.25, -0.2) is 4.98 Å².